The lowest BCUT2D eigenvalue weighted by Gasteiger charge is -2.21. The highest BCUT2D eigenvalue weighted by molar-refractivity contribution is 5.40. The fourth-order valence-electron chi connectivity index (χ4n) is 2.45. The van der Waals surface area contributed by atoms with E-state index in [4.69, 9.17) is 0 Å². The molecule has 0 fully saturated rings. The van der Waals surface area contributed by atoms with E-state index in [0.717, 1.165) is 17.5 Å². The Labute approximate surface area is 124 Å². The van der Waals surface area contributed by atoms with Gasteiger partial charge < -0.3 is 15.5 Å². The smallest absolute Gasteiger partial charge is 0.124 e. The van der Waals surface area contributed by atoms with Gasteiger partial charge in [0.2, 0.25) is 0 Å². The minimum absolute atomic E-state index is 0.0443. The third-order valence-corrected chi connectivity index (χ3v) is 3.47. The third-order valence-electron chi connectivity index (χ3n) is 3.47. The molecule has 0 heterocycles. The summed E-state index contributed by atoms with van der Waals surface area (Å²) in [7, 11) is 0. The summed E-state index contributed by atoms with van der Waals surface area (Å²) in [6.07, 6.45) is 0.767. The minimum Gasteiger partial charge on any atom is -0.508 e. The molecule has 0 bridgehead atoms. The molecule has 21 heavy (non-hydrogen) atoms. The molecule has 3 nitrogen and oxygen atoms in total. The lowest BCUT2D eigenvalue weighted by atomic mass is 10.0. The van der Waals surface area contributed by atoms with Crippen molar-refractivity contribution < 1.29 is 14.6 Å². The van der Waals surface area contributed by atoms with Crippen LogP contribution < -0.4 is 5.32 Å². The predicted octanol–water partition coefficient (Wildman–Crippen LogP) is 3.52. The van der Waals surface area contributed by atoms with E-state index in [1.54, 1.807) is 24.3 Å². The van der Waals surface area contributed by atoms with Crippen molar-refractivity contribution in [2.75, 3.05) is 0 Å². The molecule has 0 aliphatic carbocycles. The monoisotopic (exact) mass is 289 g/mol. The maximum absolute atomic E-state index is 12.9. The molecule has 2 unspecified atom stereocenters. The molecule has 0 aliphatic heterocycles. The van der Waals surface area contributed by atoms with Crippen molar-refractivity contribution in [3.8, 4) is 11.5 Å². The topological polar surface area (TPSA) is 52.5 Å². The Morgan fingerprint density at radius 3 is 2.33 bits per heavy atom. The average molecular weight is 289 g/mol. The van der Waals surface area contributed by atoms with E-state index in [0.29, 0.717) is 0 Å². The van der Waals surface area contributed by atoms with Gasteiger partial charge in [-0.2, -0.15) is 0 Å². The zero-order valence-corrected chi connectivity index (χ0v) is 12.2. The summed E-state index contributed by atoms with van der Waals surface area (Å²) in [5.74, 6) is -0.117. The molecule has 2 atom stereocenters. The van der Waals surface area contributed by atoms with E-state index in [1.165, 1.54) is 18.2 Å². The van der Waals surface area contributed by atoms with Crippen LogP contribution in [0.5, 0.6) is 11.5 Å². The van der Waals surface area contributed by atoms with Crippen LogP contribution in [0.1, 0.15) is 31.0 Å². The molecule has 0 radical (unpaired) electrons. The number of nitrogens with one attached hydrogen (secondary N) is 1. The minimum atomic E-state index is -0.234. The van der Waals surface area contributed by atoms with Gasteiger partial charge in [-0.15, -0.1) is 0 Å². The highest BCUT2D eigenvalue weighted by atomic mass is 19.1. The summed E-state index contributed by atoms with van der Waals surface area (Å²) in [5.41, 5.74) is 1.79. The van der Waals surface area contributed by atoms with Crippen LogP contribution in [0, 0.1) is 5.82 Å². The Bertz CT molecular complexity index is 598. The molecule has 0 amide bonds. The van der Waals surface area contributed by atoms with Crippen LogP contribution in [0.3, 0.4) is 0 Å². The van der Waals surface area contributed by atoms with Crippen molar-refractivity contribution >= 4 is 0 Å². The highest BCUT2D eigenvalue weighted by Crippen LogP contribution is 2.28. The average Bonchev–Trinajstić information content (AvgIpc) is 2.41. The Hall–Kier alpha value is -2.07. The summed E-state index contributed by atoms with van der Waals surface area (Å²) in [4.78, 5) is 0. The summed E-state index contributed by atoms with van der Waals surface area (Å²) in [6.45, 7) is 3.99. The summed E-state index contributed by atoms with van der Waals surface area (Å²) >= 11 is 0. The van der Waals surface area contributed by atoms with Crippen molar-refractivity contribution in [3.63, 3.8) is 0 Å². The Balaban J connectivity index is 1.98. The molecule has 3 N–H and O–H groups in total. The quantitative estimate of drug-likeness (QED) is 0.789. The van der Waals surface area contributed by atoms with Gasteiger partial charge in [0.1, 0.15) is 17.3 Å². The van der Waals surface area contributed by atoms with Crippen LogP contribution in [0.25, 0.3) is 0 Å². The molecular weight excluding hydrogens is 269 g/mol. The molecule has 0 aromatic heterocycles. The first kappa shape index (κ1) is 15.3. The molecular formula is C17H20FNO2. The SMILES string of the molecule is CC(Cc1ccc(F)cc1)NC(C)c1ccc(O)cc1O. The second-order valence-electron chi connectivity index (χ2n) is 5.36. The fraction of sp³-hybridized carbons (Fsp3) is 0.294. The zero-order chi connectivity index (χ0) is 15.4. The van der Waals surface area contributed by atoms with E-state index in [2.05, 4.69) is 5.32 Å². The number of benzene rings is 2. The van der Waals surface area contributed by atoms with Gasteiger partial charge in [-0.1, -0.05) is 18.2 Å². The van der Waals surface area contributed by atoms with Gasteiger partial charge in [0.05, 0.1) is 0 Å². The standard InChI is InChI=1S/C17H20FNO2/c1-11(9-13-3-5-14(18)6-4-13)19-12(2)16-8-7-15(20)10-17(16)21/h3-8,10-12,19-21H,9H2,1-2H3. The van der Waals surface area contributed by atoms with Gasteiger partial charge >= 0.3 is 0 Å². The summed E-state index contributed by atoms with van der Waals surface area (Å²) in [5, 5.41) is 22.5. The summed E-state index contributed by atoms with van der Waals surface area (Å²) in [6, 6.07) is 11.2. The molecule has 4 heteroatoms. The third kappa shape index (κ3) is 4.20. The van der Waals surface area contributed by atoms with Gasteiger partial charge in [0, 0.05) is 23.7 Å². The lowest BCUT2D eigenvalue weighted by molar-refractivity contribution is 0.424. The number of phenolic OH excluding ortho intramolecular Hbond substituents is 2. The highest BCUT2D eigenvalue weighted by Gasteiger charge is 2.13. The van der Waals surface area contributed by atoms with Crippen molar-refractivity contribution in [2.45, 2.75) is 32.4 Å². The van der Waals surface area contributed by atoms with Crippen LogP contribution in [-0.2, 0) is 6.42 Å². The van der Waals surface area contributed by atoms with E-state index in [1.807, 2.05) is 13.8 Å². The molecule has 2 rings (SSSR count). The van der Waals surface area contributed by atoms with Gasteiger partial charge in [-0.25, -0.2) is 4.39 Å². The number of rotatable bonds is 5. The number of halogens is 1. The maximum Gasteiger partial charge on any atom is 0.124 e. The lowest BCUT2D eigenvalue weighted by Crippen LogP contribution is -2.30. The first-order valence-electron chi connectivity index (χ1n) is 6.98. The molecule has 0 saturated carbocycles. The van der Waals surface area contributed by atoms with E-state index < -0.39 is 0 Å². The van der Waals surface area contributed by atoms with Crippen LogP contribution in [0.15, 0.2) is 42.5 Å². The van der Waals surface area contributed by atoms with Crippen LogP contribution in [0.4, 0.5) is 4.39 Å². The number of phenols is 2. The maximum atomic E-state index is 12.9. The number of hydrogen-bond acceptors (Lipinski definition) is 3. The normalized spacial score (nSPS) is 13.9. The van der Waals surface area contributed by atoms with Gasteiger partial charge in [-0.05, 0) is 44.0 Å². The Morgan fingerprint density at radius 2 is 1.71 bits per heavy atom. The zero-order valence-electron chi connectivity index (χ0n) is 12.2. The Kier molecular flexibility index (Phi) is 4.81. The largest absolute Gasteiger partial charge is 0.508 e. The summed E-state index contributed by atoms with van der Waals surface area (Å²) < 4.78 is 12.9. The van der Waals surface area contributed by atoms with E-state index in [9.17, 15) is 14.6 Å². The number of hydrogen-bond donors (Lipinski definition) is 3. The predicted molar refractivity (Wildman–Crippen MR) is 80.9 cm³/mol. The first-order valence-corrected chi connectivity index (χ1v) is 6.98. The molecule has 0 spiro atoms. The van der Waals surface area contributed by atoms with E-state index >= 15 is 0 Å². The van der Waals surface area contributed by atoms with Crippen LogP contribution in [-0.4, -0.2) is 16.3 Å². The van der Waals surface area contributed by atoms with Crippen molar-refractivity contribution in [2.24, 2.45) is 0 Å². The van der Waals surface area contributed by atoms with Gasteiger partial charge in [0.25, 0.3) is 0 Å². The van der Waals surface area contributed by atoms with Crippen molar-refractivity contribution in [1.29, 1.82) is 0 Å². The molecule has 2 aromatic rings. The van der Waals surface area contributed by atoms with Crippen LogP contribution >= 0.6 is 0 Å². The fourth-order valence-corrected chi connectivity index (χ4v) is 2.45. The van der Waals surface area contributed by atoms with Gasteiger partial charge in [0.15, 0.2) is 0 Å². The molecule has 0 aliphatic rings. The second kappa shape index (κ2) is 6.59. The van der Waals surface area contributed by atoms with Crippen molar-refractivity contribution in [3.05, 3.63) is 59.4 Å². The van der Waals surface area contributed by atoms with E-state index in [-0.39, 0.29) is 29.4 Å². The first-order chi connectivity index (χ1) is 9.95. The molecule has 0 saturated heterocycles. The Morgan fingerprint density at radius 1 is 1.05 bits per heavy atom. The second-order valence-corrected chi connectivity index (χ2v) is 5.36. The molecule has 2 aromatic carbocycles. The molecule has 112 valence electrons. The van der Waals surface area contributed by atoms with Gasteiger partial charge in [-0.3, -0.25) is 0 Å². The number of aromatic hydroxyl groups is 2. The van der Waals surface area contributed by atoms with Crippen molar-refractivity contribution in [1.82, 2.24) is 5.32 Å². The van der Waals surface area contributed by atoms with Crippen LogP contribution in [0.2, 0.25) is 0 Å².